The number of thiophene rings is 1. The van der Waals surface area contributed by atoms with Gasteiger partial charge in [0.05, 0.1) is 32.2 Å². The van der Waals surface area contributed by atoms with Crippen molar-refractivity contribution in [3.8, 4) is 72.4 Å². The lowest BCUT2D eigenvalue weighted by molar-refractivity contribution is 0.590. The van der Waals surface area contributed by atoms with Crippen molar-refractivity contribution in [1.29, 1.82) is 0 Å². The molecule has 0 saturated carbocycles. The molecule has 2 aliphatic heterocycles. The first-order valence-electron chi connectivity index (χ1n) is 40.0. The Labute approximate surface area is 650 Å². The first kappa shape index (κ1) is 64.4. The average Bonchev–Trinajstić information content (AvgIpc) is 1.21. The maximum Gasteiger partial charge on any atom is 0.264 e. The summed E-state index contributed by atoms with van der Waals surface area (Å²) in [6.45, 7) is 27.1. The highest BCUT2D eigenvalue weighted by Gasteiger charge is 2.48. The molecule has 0 radical (unpaired) electrons. The molecule has 0 aliphatic carbocycles. The fourth-order valence-corrected chi connectivity index (χ4v) is 18.8. The van der Waals surface area contributed by atoms with E-state index >= 15 is 0 Å². The standard InChI is InChI=1S/C104H88BN3S/c1-101(2,3)71-51-53-81-93(63-71)109-100-99(81)108(98-84(67-38-22-15-23-39-67)59-73(103(7,8)9)60-85(98)68-40-24-16-25-41-68)92-62-74(104(10,11)12)61-91-96(92)105(100)87-54-52-75(64-90(87)107(91)97-82(65-34-18-13-19-35-65)57-72(102(4,5)6)58-83(97)66-36-20-14-21-37-66)106-88-49-33-32-44-76(88)86-56-70(50-55-89(86)106)95-79-47-30-28-45-77(79)94(69-42-26-17-27-43-69)78-46-29-31-48-80(78)95/h13-64H,1-12H3/i52D,54D,64D. The molecule has 4 heterocycles. The monoisotopic (exact) mass is 1420 g/mol. The second-order valence-corrected chi connectivity index (χ2v) is 35.2. The fraction of sp³-hybridized carbons (Fsp3) is 0.154. The van der Waals surface area contributed by atoms with Crippen LogP contribution in [0.15, 0.2) is 315 Å². The van der Waals surface area contributed by atoms with E-state index in [0.29, 0.717) is 16.8 Å². The first-order valence-corrected chi connectivity index (χ1v) is 39.3. The topological polar surface area (TPSA) is 11.4 Å². The van der Waals surface area contributed by atoms with Crippen molar-refractivity contribution < 1.29 is 4.11 Å². The van der Waals surface area contributed by atoms with E-state index in [2.05, 4.69) is 395 Å². The zero-order valence-corrected chi connectivity index (χ0v) is 64.9. The minimum atomic E-state index is -0.635. The number of fused-ring (bicyclic) bond motifs is 11. The zero-order valence-electron chi connectivity index (χ0n) is 67.1. The van der Waals surface area contributed by atoms with Gasteiger partial charge in [0.15, 0.2) is 0 Å². The second-order valence-electron chi connectivity index (χ2n) is 34.1. The maximum absolute atomic E-state index is 12.0. The summed E-state index contributed by atoms with van der Waals surface area (Å²) in [7, 11) is 0. The molecule has 2 aromatic heterocycles. The smallest absolute Gasteiger partial charge is 0.264 e. The third-order valence-corrected chi connectivity index (χ3v) is 24.3. The summed E-state index contributed by atoms with van der Waals surface area (Å²) in [6, 6.07) is 109. The van der Waals surface area contributed by atoms with E-state index in [0.717, 1.165) is 148 Å². The Morgan fingerprint density at radius 1 is 0.303 bits per heavy atom. The number of hydrogen-bond acceptors (Lipinski definition) is 3. The number of anilines is 6. The van der Waals surface area contributed by atoms with Gasteiger partial charge in [0.2, 0.25) is 0 Å². The van der Waals surface area contributed by atoms with Gasteiger partial charge in [-0.3, -0.25) is 0 Å². The number of aromatic nitrogens is 1. The minimum absolute atomic E-state index is 0.00881. The molecule has 109 heavy (non-hydrogen) atoms. The molecule has 5 heteroatoms. The largest absolute Gasteiger partial charge is 0.310 e. The molecule has 0 bridgehead atoms. The third-order valence-electron chi connectivity index (χ3n) is 23.1. The Kier molecular flexibility index (Phi) is 15.0. The molecule has 0 saturated heterocycles. The van der Waals surface area contributed by atoms with Crippen molar-refractivity contribution in [2.75, 3.05) is 9.80 Å². The Morgan fingerprint density at radius 2 is 0.697 bits per heavy atom. The predicted octanol–water partition coefficient (Wildman–Crippen LogP) is 27.6. The Bertz CT molecular complexity index is 6520. The van der Waals surface area contributed by atoms with Gasteiger partial charge in [-0.25, -0.2) is 0 Å². The fourth-order valence-electron chi connectivity index (χ4n) is 17.4. The van der Waals surface area contributed by atoms with Crippen LogP contribution in [0.3, 0.4) is 0 Å². The molecule has 0 fully saturated rings. The van der Waals surface area contributed by atoms with Gasteiger partial charge in [-0.15, -0.1) is 11.3 Å². The van der Waals surface area contributed by atoms with Crippen LogP contribution in [-0.2, 0) is 21.7 Å². The summed E-state index contributed by atoms with van der Waals surface area (Å²) >= 11 is 1.81. The van der Waals surface area contributed by atoms with Gasteiger partial charge >= 0.3 is 0 Å². The molecule has 0 amide bonds. The first-order chi connectivity index (χ1) is 53.9. The third kappa shape index (κ3) is 11.2. The van der Waals surface area contributed by atoms with E-state index in [-0.39, 0.29) is 34.4 Å². The predicted molar refractivity (Wildman–Crippen MR) is 473 cm³/mol. The zero-order chi connectivity index (χ0) is 77.2. The molecular formula is C104H88BN3S. The number of nitrogens with zero attached hydrogens (tertiary/aromatic N) is 3. The van der Waals surface area contributed by atoms with Crippen molar-refractivity contribution in [2.45, 2.75) is 105 Å². The van der Waals surface area contributed by atoms with E-state index in [1.165, 1.54) is 33.0 Å². The van der Waals surface area contributed by atoms with Gasteiger partial charge in [-0.1, -0.05) is 326 Å². The summed E-state index contributed by atoms with van der Waals surface area (Å²) < 4.78 is 39.2. The number of para-hydroxylation sites is 1. The van der Waals surface area contributed by atoms with Crippen LogP contribution < -0.4 is 25.5 Å². The van der Waals surface area contributed by atoms with E-state index in [9.17, 15) is 4.11 Å². The van der Waals surface area contributed by atoms with Crippen molar-refractivity contribution in [3.63, 3.8) is 0 Å². The number of rotatable bonds is 9. The molecular weight excluding hydrogens is 1330 g/mol. The van der Waals surface area contributed by atoms with Gasteiger partial charge in [0.25, 0.3) is 6.71 Å². The molecule has 528 valence electrons. The lowest BCUT2D eigenvalue weighted by Gasteiger charge is -2.46. The van der Waals surface area contributed by atoms with Crippen LogP contribution in [0.1, 0.15) is 109 Å². The van der Waals surface area contributed by atoms with Gasteiger partial charge < -0.3 is 14.4 Å². The normalized spacial score (nSPS) is 13.5. The van der Waals surface area contributed by atoms with Gasteiger partial charge in [0.1, 0.15) is 0 Å². The van der Waals surface area contributed by atoms with Crippen LogP contribution in [0, 0.1) is 0 Å². The van der Waals surface area contributed by atoms with Crippen molar-refractivity contribution in [3.05, 3.63) is 338 Å². The average molecular weight is 1430 g/mol. The van der Waals surface area contributed by atoms with Crippen molar-refractivity contribution in [1.82, 2.24) is 4.57 Å². The van der Waals surface area contributed by atoms with Crippen LogP contribution in [-0.4, -0.2) is 11.3 Å². The molecule has 17 aromatic rings. The van der Waals surface area contributed by atoms with E-state index in [4.69, 9.17) is 0 Å². The summed E-state index contributed by atoms with van der Waals surface area (Å²) in [5.41, 5.74) is 25.8. The molecule has 0 unspecified atom stereocenters. The second kappa shape index (κ2) is 25.4. The van der Waals surface area contributed by atoms with Crippen LogP contribution >= 0.6 is 11.3 Å². The van der Waals surface area contributed by atoms with Gasteiger partial charge in [-0.05, 0) is 194 Å². The van der Waals surface area contributed by atoms with Gasteiger partial charge in [-0.2, -0.15) is 0 Å². The lowest BCUT2D eigenvalue weighted by atomic mass is 9.36. The van der Waals surface area contributed by atoms with Crippen molar-refractivity contribution in [2.24, 2.45) is 0 Å². The molecule has 19 rings (SSSR count). The number of hydrogen-bond donors (Lipinski definition) is 0. The lowest BCUT2D eigenvalue weighted by Crippen LogP contribution is -2.60. The summed E-state index contributed by atoms with van der Waals surface area (Å²) in [5, 5.41) is 7.77. The van der Waals surface area contributed by atoms with Crippen LogP contribution in [0.2, 0.25) is 0 Å². The maximum atomic E-state index is 12.0. The van der Waals surface area contributed by atoms with Crippen LogP contribution in [0.25, 0.3) is 126 Å². The van der Waals surface area contributed by atoms with Crippen LogP contribution in [0.5, 0.6) is 0 Å². The highest BCUT2D eigenvalue weighted by Crippen LogP contribution is 2.58. The van der Waals surface area contributed by atoms with E-state index < -0.39 is 12.1 Å². The summed E-state index contributed by atoms with van der Waals surface area (Å²) in [4.78, 5) is 5.08. The van der Waals surface area contributed by atoms with Gasteiger partial charge in [0, 0.05) is 70.6 Å². The summed E-state index contributed by atoms with van der Waals surface area (Å²) in [6.07, 6.45) is 0. The van der Waals surface area contributed by atoms with Crippen LogP contribution in [0.4, 0.5) is 34.1 Å². The molecule has 0 spiro atoms. The molecule has 3 nitrogen and oxygen atoms in total. The van der Waals surface area contributed by atoms with E-state index in [1.54, 1.807) is 0 Å². The highest BCUT2D eigenvalue weighted by atomic mass is 32.1. The minimum Gasteiger partial charge on any atom is -0.310 e. The summed E-state index contributed by atoms with van der Waals surface area (Å²) in [5.74, 6) is 0. The Hall–Kier alpha value is -11.8. The molecule has 15 aromatic carbocycles. The Morgan fingerprint density at radius 3 is 1.17 bits per heavy atom. The quantitative estimate of drug-likeness (QED) is 0.105. The molecule has 0 atom stereocenters. The van der Waals surface area contributed by atoms with Crippen molar-refractivity contribution >= 4 is 121 Å². The molecule has 2 aliphatic rings. The van der Waals surface area contributed by atoms with E-state index in [1.807, 2.05) is 11.3 Å². The highest BCUT2D eigenvalue weighted by molar-refractivity contribution is 7.33. The Balaban J connectivity index is 0.982. The SMILES string of the molecule is [2H]c1c([2H])c(-n2c3ccccc3c3cc(-c4c5ccccc5c(-c5ccccc5)c5ccccc45)ccc32)c([2H])c2c1B1c3sc4cc(C(C)(C)C)ccc4c3N(c3c(-c4ccccc4)cc(C(C)(C)C)cc3-c3ccccc3)c3cc(C(C)(C)C)cc(c31)N2c1c(-c2ccccc2)cc(C(C)(C)C)cc1-c1ccccc1. The number of benzene rings is 15. The molecule has 0 N–H and O–H groups in total.